The molecular formula is C31H37F3N4O. The molecule has 4 N–H and O–H groups in total. The molecule has 8 heteroatoms. The number of nitrogens with one attached hydrogen (secondary N) is 2. The average Bonchev–Trinajstić information content (AvgIpc) is 3.06. The Morgan fingerprint density at radius 2 is 1.82 bits per heavy atom. The number of hydrogen-bond donors (Lipinski definition) is 3. The van der Waals surface area contributed by atoms with Gasteiger partial charge in [-0.2, -0.15) is 13.2 Å². The van der Waals surface area contributed by atoms with Crippen molar-refractivity contribution < 1.29 is 18.0 Å². The van der Waals surface area contributed by atoms with Gasteiger partial charge in [0.15, 0.2) is 0 Å². The highest BCUT2D eigenvalue weighted by atomic mass is 19.4. The summed E-state index contributed by atoms with van der Waals surface area (Å²) in [6.45, 7) is 10.3. The zero-order chi connectivity index (χ0) is 28.6. The van der Waals surface area contributed by atoms with Gasteiger partial charge in [-0.05, 0) is 56.0 Å². The van der Waals surface area contributed by atoms with Gasteiger partial charge in [-0.3, -0.25) is 9.80 Å². The molecule has 1 fully saturated rings. The summed E-state index contributed by atoms with van der Waals surface area (Å²) in [4.78, 5) is 13.3. The van der Waals surface area contributed by atoms with Crippen molar-refractivity contribution in [1.29, 1.82) is 0 Å². The number of amides is 1. The molecule has 39 heavy (non-hydrogen) atoms. The predicted octanol–water partition coefficient (Wildman–Crippen LogP) is 6.05. The van der Waals surface area contributed by atoms with Gasteiger partial charge in [0.1, 0.15) is 5.82 Å². The summed E-state index contributed by atoms with van der Waals surface area (Å²) in [6.07, 6.45) is 4.17. The largest absolute Gasteiger partial charge is 0.416 e. The molecule has 0 saturated carbocycles. The van der Waals surface area contributed by atoms with E-state index in [0.717, 1.165) is 29.7 Å². The van der Waals surface area contributed by atoms with Crippen LogP contribution >= 0.6 is 0 Å². The highest BCUT2D eigenvalue weighted by molar-refractivity contribution is 5.93. The van der Waals surface area contributed by atoms with Gasteiger partial charge in [0.25, 0.3) is 5.91 Å². The normalized spacial score (nSPS) is 20.7. The lowest BCUT2D eigenvalue weighted by Gasteiger charge is -2.28. The number of nitrogens with two attached hydrogens (primary N) is 1. The summed E-state index contributed by atoms with van der Waals surface area (Å²) in [5.41, 5.74) is 2.42. The van der Waals surface area contributed by atoms with Gasteiger partial charge in [0, 0.05) is 31.0 Å². The van der Waals surface area contributed by atoms with Crippen molar-refractivity contribution in [3.05, 3.63) is 119 Å². The predicted molar refractivity (Wildman–Crippen MR) is 150 cm³/mol. The number of allylic oxidation sites excluding steroid dienone is 4. The lowest BCUT2D eigenvalue weighted by atomic mass is 9.90. The van der Waals surface area contributed by atoms with Gasteiger partial charge in [-0.25, -0.2) is 5.84 Å². The molecule has 0 aliphatic carbocycles. The summed E-state index contributed by atoms with van der Waals surface area (Å²) in [5, 5.41) is 7.94. The average molecular weight is 539 g/mol. The SMILES string of the molecule is C=C/C=C(\C=C/C)C1CN/C(=C(/C)C(=O)NCC(c2ccccc2)c2ccc(C(F)(F)F)cc2)N(N)C(C)C1. The van der Waals surface area contributed by atoms with Crippen LogP contribution in [-0.4, -0.2) is 30.0 Å². The van der Waals surface area contributed by atoms with Gasteiger partial charge in [-0.1, -0.05) is 73.3 Å². The maximum atomic E-state index is 13.3. The van der Waals surface area contributed by atoms with Crippen LogP contribution in [0.3, 0.4) is 0 Å². The number of carbonyl (C=O) groups is 1. The first-order valence-electron chi connectivity index (χ1n) is 13.0. The van der Waals surface area contributed by atoms with Crippen LogP contribution in [0.1, 0.15) is 49.8 Å². The van der Waals surface area contributed by atoms with Crippen LogP contribution < -0.4 is 16.5 Å². The summed E-state index contributed by atoms with van der Waals surface area (Å²) in [5.74, 6) is 6.53. The minimum atomic E-state index is -4.41. The van der Waals surface area contributed by atoms with Crippen molar-refractivity contribution in [1.82, 2.24) is 15.6 Å². The van der Waals surface area contributed by atoms with E-state index in [2.05, 4.69) is 23.3 Å². The number of alkyl halides is 3. The van der Waals surface area contributed by atoms with E-state index in [-0.39, 0.29) is 30.3 Å². The summed E-state index contributed by atoms with van der Waals surface area (Å²) < 4.78 is 39.3. The topological polar surface area (TPSA) is 70.4 Å². The quantitative estimate of drug-likeness (QED) is 0.218. The molecule has 0 bridgehead atoms. The van der Waals surface area contributed by atoms with Crippen molar-refractivity contribution in [2.24, 2.45) is 11.8 Å². The lowest BCUT2D eigenvalue weighted by molar-refractivity contribution is -0.137. The van der Waals surface area contributed by atoms with Gasteiger partial charge < -0.3 is 10.6 Å². The van der Waals surface area contributed by atoms with E-state index in [0.29, 0.717) is 23.5 Å². The Labute approximate surface area is 228 Å². The molecule has 5 nitrogen and oxygen atoms in total. The van der Waals surface area contributed by atoms with Gasteiger partial charge >= 0.3 is 6.18 Å². The molecule has 0 spiro atoms. The number of halogens is 3. The fourth-order valence-electron chi connectivity index (χ4n) is 4.83. The third-order valence-electron chi connectivity index (χ3n) is 7.02. The van der Waals surface area contributed by atoms with E-state index in [1.807, 2.05) is 56.3 Å². The first-order chi connectivity index (χ1) is 18.6. The number of rotatable bonds is 8. The van der Waals surface area contributed by atoms with Crippen molar-refractivity contribution in [3.8, 4) is 0 Å². The number of hydrogen-bond acceptors (Lipinski definition) is 4. The Kier molecular flexibility index (Phi) is 10.2. The highest BCUT2D eigenvalue weighted by Gasteiger charge is 2.31. The molecule has 208 valence electrons. The Morgan fingerprint density at radius 1 is 1.18 bits per heavy atom. The summed E-state index contributed by atoms with van der Waals surface area (Å²) in [7, 11) is 0. The summed E-state index contributed by atoms with van der Waals surface area (Å²) in [6, 6.07) is 14.4. The highest BCUT2D eigenvalue weighted by Crippen LogP contribution is 2.32. The second-order valence-corrected chi connectivity index (χ2v) is 9.74. The van der Waals surface area contributed by atoms with Crippen LogP contribution in [0.25, 0.3) is 0 Å². The minimum Gasteiger partial charge on any atom is -0.370 e. The number of benzene rings is 2. The second-order valence-electron chi connectivity index (χ2n) is 9.74. The zero-order valence-corrected chi connectivity index (χ0v) is 22.6. The molecule has 3 atom stereocenters. The molecule has 0 aromatic heterocycles. The molecule has 1 heterocycles. The molecule has 1 saturated heterocycles. The molecule has 2 aromatic carbocycles. The van der Waals surface area contributed by atoms with Gasteiger partial charge in [0.05, 0.1) is 11.1 Å². The maximum Gasteiger partial charge on any atom is 0.416 e. The van der Waals surface area contributed by atoms with E-state index in [1.165, 1.54) is 12.1 Å². The third-order valence-corrected chi connectivity index (χ3v) is 7.02. The monoisotopic (exact) mass is 538 g/mol. The minimum absolute atomic E-state index is 0.0366. The van der Waals surface area contributed by atoms with Gasteiger partial charge in [-0.15, -0.1) is 0 Å². The van der Waals surface area contributed by atoms with Crippen LogP contribution in [0.5, 0.6) is 0 Å². The van der Waals surface area contributed by atoms with E-state index < -0.39 is 11.7 Å². The van der Waals surface area contributed by atoms with Crippen molar-refractivity contribution in [2.45, 2.75) is 45.3 Å². The van der Waals surface area contributed by atoms with E-state index in [1.54, 1.807) is 18.0 Å². The van der Waals surface area contributed by atoms with Crippen molar-refractivity contribution in [2.75, 3.05) is 13.1 Å². The molecule has 3 rings (SSSR count). The van der Waals surface area contributed by atoms with Crippen molar-refractivity contribution >= 4 is 5.91 Å². The molecule has 3 unspecified atom stereocenters. The van der Waals surface area contributed by atoms with E-state index in [4.69, 9.17) is 5.84 Å². The summed E-state index contributed by atoms with van der Waals surface area (Å²) >= 11 is 0. The Morgan fingerprint density at radius 3 is 2.41 bits per heavy atom. The first kappa shape index (κ1) is 29.8. The molecule has 0 radical (unpaired) electrons. The number of nitrogens with zero attached hydrogens (tertiary/aromatic N) is 1. The molecule has 2 aromatic rings. The lowest BCUT2D eigenvalue weighted by Crippen LogP contribution is -2.43. The molecular weight excluding hydrogens is 501 g/mol. The molecule has 1 aliphatic heterocycles. The smallest absolute Gasteiger partial charge is 0.370 e. The van der Waals surface area contributed by atoms with Crippen LogP contribution in [0.2, 0.25) is 0 Å². The van der Waals surface area contributed by atoms with Crippen molar-refractivity contribution in [3.63, 3.8) is 0 Å². The zero-order valence-electron chi connectivity index (χ0n) is 22.6. The second kappa shape index (κ2) is 13.3. The molecule has 1 amide bonds. The Hall–Kier alpha value is -3.78. The Balaban J connectivity index is 1.82. The van der Waals surface area contributed by atoms with E-state index >= 15 is 0 Å². The van der Waals surface area contributed by atoms with Gasteiger partial charge in [0.2, 0.25) is 0 Å². The fraction of sp³-hybridized carbons (Fsp3) is 0.323. The van der Waals surface area contributed by atoms with Crippen LogP contribution in [0.4, 0.5) is 13.2 Å². The maximum absolute atomic E-state index is 13.3. The van der Waals surface area contributed by atoms with E-state index in [9.17, 15) is 18.0 Å². The Bertz CT molecular complexity index is 1220. The van der Waals surface area contributed by atoms with Crippen LogP contribution in [0, 0.1) is 5.92 Å². The first-order valence-corrected chi connectivity index (χ1v) is 13.0. The standard InChI is InChI=1S/C31H37F3N4O/c1-5-10-23(11-6-2)26-18-21(3)38(35)29(36-19-26)22(4)30(39)37-20-28(24-12-8-7-9-13-24)25-14-16-27(17-15-25)31(32,33)34/h5-17,21,26,28,36H,1,18-20,35H2,2-4H3,(H,37,39)/b11-6-,23-10+,29-22+. The molecule has 1 aliphatic rings. The van der Waals surface area contributed by atoms with Crippen LogP contribution in [-0.2, 0) is 11.0 Å². The third kappa shape index (κ3) is 7.63. The van der Waals surface area contributed by atoms with Crippen LogP contribution in [0.15, 0.2) is 102 Å². The number of carbonyl (C=O) groups excluding carboxylic acids is 1. The number of hydrazine groups is 1. The fourth-order valence-corrected chi connectivity index (χ4v) is 4.83.